The first-order valence-corrected chi connectivity index (χ1v) is 7.05. The molecule has 1 aliphatic heterocycles. The topological polar surface area (TPSA) is 45.4 Å². The van der Waals surface area contributed by atoms with Crippen molar-refractivity contribution in [3.05, 3.63) is 65.1 Å². The van der Waals surface area contributed by atoms with E-state index < -0.39 is 12.2 Å². The quantitative estimate of drug-likeness (QED) is 0.642. The second kappa shape index (κ2) is 5.53. The average molecular weight is 319 g/mol. The number of rotatable bonds is 3. The lowest BCUT2D eigenvalue weighted by atomic mass is 9.92. The molecular weight excluding hydrogens is 304 g/mol. The summed E-state index contributed by atoms with van der Waals surface area (Å²) in [7, 11) is 0. The summed E-state index contributed by atoms with van der Waals surface area (Å²) in [5.74, 6) is 0.527. The van der Waals surface area contributed by atoms with E-state index in [2.05, 4.69) is 4.74 Å². The van der Waals surface area contributed by atoms with Crippen molar-refractivity contribution in [2.45, 2.75) is 26.1 Å². The Morgan fingerprint density at radius 3 is 2.70 bits per heavy atom. The molecule has 23 heavy (non-hydrogen) atoms. The predicted octanol–water partition coefficient (Wildman–Crippen LogP) is 3.52. The van der Waals surface area contributed by atoms with Crippen molar-refractivity contribution in [1.82, 2.24) is 0 Å². The van der Waals surface area contributed by atoms with E-state index in [0.29, 0.717) is 22.6 Å². The Morgan fingerprint density at radius 2 is 2.00 bits per heavy atom. The van der Waals surface area contributed by atoms with Gasteiger partial charge in [0.25, 0.3) is 0 Å². The third-order valence-corrected chi connectivity index (χ3v) is 3.43. The number of nitrogens with zero attached hydrogens (tertiary/aromatic N) is 1. The summed E-state index contributed by atoms with van der Waals surface area (Å²) in [6.45, 7) is 0.803. The van der Waals surface area contributed by atoms with E-state index in [0.717, 1.165) is 4.73 Å². The number of aromatic nitrogens is 1. The zero-order valence-corrected chi connectivity index (χ0v) is 12.6. The van der Waals surface area contributed by atoms with Gasteiger partial charge in [0.05, 0.1) is 5.57 Å². The number of pyridine rings is 1. The lowest BCUT2D eigenvalue weighted by Crippen LogP contribution is -2.34. The van der Waals surface area contributed by atoms with Gasteiger partial charge in [0.15, 0.2) is 6.20 Å². The van der Waals surface area contributed by atoms with Crippen molar-refractivity contribution < 1.29 is 23.0 Å². The Bertz CT molecular complexity index is 772. The van der Waals surface area contributed by atoms with Gasteiger partial charge < -0.3 is 14.7 Å². The van der Waals surface area contributed by atoms with Crippen LogP contribution in [0.25, 0.3) is 5.57 Å². The van der Waals surface area contributed by atoms with Crippen LogP contribution in [-0.2, 0) is 0 Å². The smallest absolute Gasteiger partial charge is 0.387 e. The fourth-order valence-electron chi connectivity index (χ4n) is 2.57. The minimum absolute atomic E-state index is 0.0151. The first-order chi connectivity index (χ1) is 10.9. The first kappa shape index (κ1) is 15.3. The highest BCUT2D eigenvalue weighted by molar-refractivity contribution is 5.82. The molecule has 0 bridgehead atoms. The van der Waals surface area contributed by atoms with Crippen LogP contribution in [0.3, 0.4) is 0 Å². The number of fused-ring (bicyclic) bond motifs is 1. The number of hydrogen-bond acceptors (Lipinski definition) is 3. The minimum Gasteiger partial charge on any atom is -0.618 e. The first-order valence-electron chi connectivity index (χ1n) is 7.05. The lowest BCUT2D eigenvalue weighted by molar-refractivity contribution is -0.608. The van der Waals surface area contributed by atoms with E-state index in [9.17, 15) is 14.0 Å². The van der Waals surface area contributed by atoms with Crippen LogP contribution in [-0.4, -0.2) is 12.2 Å². The number of benzene rings is 1. The van der Waals surface area contributed by atoms with E-state index >= 15 is 0 Å². The Labute approximate surface area is 132 Å². The van der Waals surface area contributed by atoms with Gasteiger partial charge in [-0.05, 0) is 44.2 Å². The van der Waals surface area contributed by atoms with E-state index in [1.54, 1.807) is 30.3 Å². The van der Waals surface area contributed by atoms with E-state index in [1.165, 1.54) is 18.3 Å². The van der Waals surface area contributed by atoms with E-state index in [4.69, 9.17) is 4.74 Å². The van der Waals surface area contributed by atoms with Crippen molar-refractivity contribution in [2.75, 3.05) is 0 Å². The Kier molecular flexibility index (Phi) is 3.67. The molecule has 0 unspecified atom stereocenters. The maximum Gasteiger partial charge on any atom is 0.387 e. The summed E-state index contributed by atoms with van der Waals surface area (Å²) in [4.78, 5) is 0. The molecular formula is C17H15F2NO3. The molecule has 0 atom stereocenters. The molecule has 2 heterocycles. The molecule has 1 aromatic heterocycles. The molecule has 0 amide bonds. The second-order valence-corrected chi connectivity index (χ2v) is 5.71. The van der Waals surface area contributed by atoms with Gasteiger partial charge in [-0.3, -0.25) is 0 Å². The third-order valence-electron chi connectivity index (χ3n) is 3.43. The zero-order chi connectivity index (χ0) is 16.6. The zero-order valence-electron chi connectivity index (χ0n) is 12.6. The number of hydrogen-bond donors (Lipinski definition) is 0. The molecule has 0 aliphatic carbocycles. The molecule has 2 aromatic rings. The molecule has 1 aromatic carbocycles. The molecule has 0 saturated heterocycles. The summed E-state index contributed by atoms with van der Waals surface area (Å²) in [6, 6.07) is 9.48. The highest BCUT2D eigenvalue weighted by atomic mass is 19.3. The van der Waals surface area contributed by atoms with Gasteiger partial charge >= 0.3 is 6.61 Å². The van der Waals surface area contributed by atoms with Gasteiger partial charge in [-0.1, -0.05) is 0 Å². The Hall–Kier alpha value is -2.63. The molecule has 4 nitrogen and oxygen atoms in total. The maximum atomic E-state index is 12.4. The van der Waals surface area contributed by atoms with Crippen LogP contribution in [0, 0.1) is 5.21 Å². The number of ether oxygens (including phenoxy) is 2. The van der Waals surface area contributed by atoms with Crippen LogP contribution in [0.5, 0.6) is 11.5 Å². The minimum atomic E-state index is -2.91. The van der Waals surface area contributed by atoms with Crippen molar-refractivity contribution >= 4 is 5.57 Å². The summed E-state index contributed by atoms with van der Waals surface area (Å²) >= 11 is 0. The van der Waals surface area contributed by atoms with Crippen LogP contribution in [0.15, 0.2) is 48.7 Å². The van der Waals surface area contributed by atoms with Crippen molar-refractivity contribution in [1.29, 1.82) is 0 Å². The summed E-state index contributed by atoms with van der Waals surface area (Å²) in [6.07, 6.45) is 3.18. The highest BCUT2D eigenvalue weighted by Crippen LogP contribution is 2.40. The molecule has 3 rings (SSSR count). The van der Waals surface area contributed by atoms with Crippen LogP contribution >= 0.6 is 0 Å². The van der Waals surface area contributed by atoms with Gasteiger partial charge in [0, 0.05) is 17.7 Å². The summed E-state index contributed by atoms with van der Waals surface area (Å²) in [5.41, 5.74) is 0.945. The number of alkyl halides is 2. The fourth-order valence-corrected chi connectivity index (χ4v) is 2.57. The standard InChI is InChI=1S/C17H15F2NO3/c1-17(2)10-13(14-5-3-4-8-20(14)21)12-9-11(22-16(18)19)6-7-15(12)23-17/h3-10,16H,1-2H3. The van der Waals surface area contributed by atoms with Crippen LogP contribution in [0.1, 0.15) is 25.1 Å². The number of halogens is 2. The molecule has 6 heteroatoms. The monoisotopic (exact) mass is 319 g/mol. The van der Waals surface area contributed by atoms with Gasteiger partial charge in [0.1, 0.15) is 17.1 Å². The SMILES string of the molecule is CC1(C)C=C(c2cccc[n+]2[O-])c2cc(OC(F)F)ccc2O1. The lowest BCUT2D eigenvalue weighted by Gasteiger charge is -2.30. The van der Waals surface area contributed by atoms with Crippen LogP contribution < -0.4 is 14.2 Å². The van der Waals surface area contributed by atoms with E-state index in [-0.39, 0.29) is 5.75 Å². The van der Waals surface area contributed by atoms with Gasteiger partial charge in [-0.25, -0.2) is 0 Å². The van der Waals surface area contributed by atoms with Crippen molar-refractivity contribution in [3.8, 4) is 11.5 Å². The fraction of sp³-hybridized carbons (Fsp3) is 0.235. The van der Waals surface area contributed by atoms with Gasteiger partial charge in [0.2, 0.25) is 5.69 Å². The molecule has 120 valence electrons. The van der Waals surface area contributed by atoms with E-state index in [1.807, 2.05) is 13.8 Å². The second-order valence-electron chi connectivity index (χ2n) is 5.71. The Balaban J connectivity index is 2.15. The highest BCUT2D eigenvalue weighted by Gasteiger charge is 2.30. The molecule has 0 N–H and O–H groups in total. The molecule has 1 aliphatic rings. The third kappa shape index (κ3) is 3.11. The molecule has 0 fully saturated rings. The van der Waals surface area contributed by atoms with Crippen LogP contribution in [0.4, 0.5) is 8.78 Å². The normalized spacial score (nSPS) is 15.6. The largest absolute Gasteiger partial charge is 0.618 e. The molecule has 0 saturated carbocycles. The van der Waals surface area contributed by atoms with Gasteiger partial charge in [-0.2, -0.15) is 13.5 Å². The predicted molar refractivity (Wildman–Crippen MR) is 80.3 cm³/mol. The molecule has 0 radical (unpaired) electrons. The average Bonchev–Trinajstić information content (AvgIpc) is 2.46. The maximum absolute atomic E-state index is 12.4. The summed E-state index contributed by atoms with van der Waals surface area (Å²) < 4.78 is 35.9. The molecule has 0 spiro atoms. The van der Waals surface area contributed by atoms with Gasteiger partial charge in [-0.15, -0.1) is 0 Å². The Morgan fingerprint density at radius 1 is 1.22 bits per heavy atom. The van der Waals surface area contributed by atoms with Crippen molar-refractivity contribution in [2.24, 2.45) is 0 Å². The van der Waals surface area contributed by atoms with Crippen molar-refractivity contribution in [3.63, 3.8) is 0 Å². The summed E-state index contributed by atoms with van der Waals surface area (Å²) in [5, 5.41) is 12.1. The van der Waals surface area contributed by atoms with Crippen LogP contribution in [0.2, 0.25) is 0 Å².